The molecule has 0 aromatic rings. The van der Waals surface area contributed by atoms with Crippen LogP contribution in [0, 0.1) is 0 Å². The molecule has 78 valence electrons. The average Bonchev–Trinajstić information content (AvgIpc) is 2.24. The van der Waals surface area contributed by atoms with Gasteiger partial charge in [0, 0.05) is 18.9 Å². The Labute approximate surface area is 80.1 Å². The second-order valence-electron chi connectivity index (χ2n) is 2.88. The van der Waals surface area contributed by atoms with Gasteiger partial charge in [-0.15, -0.1) is 0 Å². The molecule has 1 saturated heterocycles. The molecular weight excluding hydrogens is 220 g/mol. The summed E-state index contributed by atoms with van der Waals surface area (Å²) in [7, 11) is 3.82. The highest BCUT2D eigenvalue weighted by Gasteiger charge is 2.57. The van der Waals surface area contributed by atoms with Crippen molar-refractivity contribution in [1.82, 2.24) is 0 Å². The summed E-state index contributed by atoms with van der Waals surface area (Å²) in [5.41, 5.74) is 0. The zero-order valence-corrected chi connectivity index (χ0v) is 9.38. The van der Waals surface area contributed by atoms with Crippen molar-refractivity contribution in [3.05, 3.63) is 0 Å². The van der Waals surface area contributed by atoms with Gasteiger partial charge in [0.1, 0.15) is 12.2 Å². The van der Waals surface area contributed by atoms with Crippen LogP contribution in [0.25, 0.3) is 0 Å². The van der Waals surface area contributed by atoms with Crippen LogP contribution in [0.5, 0.6) is 0 Å². The molecule has 13 heavy (non-hydrogen) atoms. The van der Waals surface area contributed by atoms with Crippen LogP contribution in [0.15, 0.2) is 0 Å². The largest absolute Gasteiger partial charge is 0.364 e. The van der Waals surface area contributed by atoms with Gasteiger partial charge in [0.15, 0.2) is 6.10 Å². The molecule has 0 saturated carbocycles. The lowest BCUT2D eigenvalue weighted by Gasteiger charge is -2.20. The van der Waals surface area contributed by atoms with Crippen molar-refractivity contribution >= 4 is 18.9 Å². The van der Waals surface area contributed by atoms with Crippen LogP contribution in [0.3, 0.4) is 0 Å². The minimum absolute atomic E-state index is 0.0731. The van der Waals surface area contributed by atoms with Gasteiger partial charge in [-0.3, -0.25) is 0 Å². The Balaban J connectivity index is 2.70. The zero-order valence-electron chi connectivity index (χ0n) is 7.07. The normalized spacial score (nSPS) is 38.1. The third-order valence-corrected chi connectivity index (χ3v) is 2.53. The van der Waals surface area contributed by atoms with Gasteiger partial charge in [-0.25, -0.2) is 8.78 Å². The van der Waals surface area contributed by atoms with Crippen molar-refractivity contribution in [2.24, 2.45) is 0 Å². The predicted octanol–water partition coefficient (Wildman–Crippen LogP) is 1.39. The summed E-state index contributed by atoms with van der Waals surface area (Å²) in [5.74, 6) is -2.96. The molecule has 1 aliphatic rings. The molecule has 5 atom stereocenters. The summed E-state index contributed by atoms with van der Waals surface area (Å²) in [6.07, 6.45) is -3.11. The maximum atomic E-state index is 13.3. The van der Waals surface area contributed by atoms with Crippen LogP contribution in [-0.2, 0) is 13.8 Å². The van der Waals surface area contributed by atoms with Crippen molar-refractivity contribution in [2.45, 2.75) is 31.2 Å². The third kappa shape index (κ3) is 2.16. The van der Waals surface area contributed by atoms with E-state index in [1.165, 1.54) is 6.92 Å². The first-order valence-corrected chi connectivity index (χ1v) is 4.68. The summed E-state index contributed by atoms with van der Waals surface area (Å²) in [6.45, 7) is 1.39. The van der Waals surface area contributed by atoms with Crippen LogP contribution in [0.2, 0.25) is 0 Å². The predicted molar refractivity (Wildman–Crippen MR) is 49.5 cm³/mol. The molecule has 1 fully saturated rings. The van der Waals surface area contributed by atoms with E-state index < -0.39 is 24.2 Å². The fraction of sp³-hybridized carbons (Fsp3) is 1.00. The number of alkyl halides is 2. The van der Waals surface area contributed by atoms with Crippen molar-refractivity contribution in [2.75, 3.05) is 6.61 Å². The van der Waals surface area contributed by atoms with Gasteiger partial charge in [-0.2, -0.15) is 0 Å². The Morgan fingerprint density at radius 3 is 2.54 bits per heavy atom. The van der Waals surface area contributed by atoms with E-state index in [-0.39, 0.29) is 6.61 Å². The quantitative estimate of drug-likeness (QED) is 0.688. The molecule has 1 heterocycles. The molecule has 1 aliphatic heterocycles. The Hall–Kier alpha value is 0.600. The van der Waals surface area contributed by atoms with E-state index in [1.807, 2.05) is 18.9 Å². The van der Waals surface area contributed by atoms with Gasteiger partial charge < -0.3 is 13.8 Å². The van der Waals surface area contributed by atoms with Crippen LogP contribution >= 0.6 is 18.9 Å². The smallest absolute Gasteiger partial charge is 0.301 e. The Kier molecular flexibility index (Phi) is 3.96. The number of ether oxygens (including phenoxy) is 1. The van der Waals surface area contributed by atoms with E-state index in [2.05, 4.69) is 9.05 Å². The van der Waals surface area contributed by atoms with E-state index in [1.54, 1.807) is 0 Å². The number of hydrogen-bond donors (Lipinski definition) is 0. The lowest BCUT2D eigenvalue weighted by molar-refractivity contribution is -0.0942. The van der Waals surface area contributed by atoms with E-state index >= 15 is 0 Å². The molecule has 4 unspecified atom stereocenters. The highest BCUT2D eigenvalue weighted by Crippen LogP contribution is 2.39. The summed E-state index contributed by atoms with van der Waals surface area (Å²) in [5, 5.41) is 0. The summed E-state index contributed by atoms with van der Waals surface area (Å²) < 4.78 is 40.8. The molecule has 7 heteroatoms. The molecule has 3 nitrogen and oxygen atoms in total. The highest BCUT2D eigenvalue weighted by molar-refractivity contribution is 7.10. The van der Waals surface area contributed by atoms with E-state index in [0.717, 1.165) is 0 Å². The minimum atomic E-state index is -2.96. The highest BCUT2D eigenvalue weighted by atomic mass is 31.0. The lowest BCUT2D eigenvalue weighted by atomic mass is 10.1. The third-order valence-electron chi connectivity index (χ3n) is 2.05. The van der Waals surface area contributed by atoms with Crippen molar-refractivity contribution < 1.29 is 22.6 Å². The number of halogens is 2. The second-order valence-corrected chi connectivity index (χ2v) is 3.49. The zero-order chi connectivity index (χ0) is 10.1. The summed E-state index contributed by atoms with van der Waals surface area (Å²) in [6, 6.07) is 0. The van der Waals surface area contributed by atoms with Gasteiger partial charge in [-0.1, -0.05) is 0 Å². The van der Waals surface area contributed by atoms with Gasteiger partial charge in [0.25, 0.3) is 0 Å². The fourth-order valence-corrected chi connectivity index (χ4v) is 1.85. The molecule has 0 radical (unpaired) electrons. The standard InChI is InChI=1S/C6H12F2O3P2/c1-3-6(7,8)5(11-13)4(10-3)2-9-12/h3-5H,2,12-13H2,1H3/t3?,4-,5?/m1/s1. The Morgan fingerprint density at radius 1 is 1.46 bits per heavy atom. The first-order chi connectivity index (χ1) is 6.04. The summed E-state index contributed by atoms with van der Waals surface area (Å²) in [4.78, 5) is 0. The SMILES string of the molecule is CC1O[C@H](COP)C(OP)C1(F)F. The van der Waals surface area contributed by atoms with Gasteiger partial charge in [0.2, 0.25) is 0 Å². The van der Waals surface area contributed by atoms with Crippen molar-refractivity contribution in [1.29, 1.82) is 0 Å². The molecule has 0 aliphatic carbocycles. The average molecular weight is 232 g/mol. The first kappa shape index (κ1) is 11.7. The van der Waals surface area contributed by atoms with Crippen LogP contribution in [0.1, 0.15) is 6.92 Å². The Bertz CT molecular complexity index is 181. The van der Waals surface area contributed by atoms with Gasteiger partial charge >= 0.3 is 5.92 Å². The molecule has 0 aromatic heterocycles. The van der Waals surface area contributed by atoms with Crippen LogP contribution < -0.4 is 0 Å². The molecule has 0 amide bonds. The molecule has 0 spiro atoms. The monoisotopic (exact) mass is 232 g/mol. The van der Waals surface area contributed by atoms with Gasteiger partial charge in [0.05, 0.1) is 6.61 Å². The second kappa shape index (κ2) is 4.41. The lowest BCUT2D eigenvalue weighted by Crippen LogP contribution is -2.40. The summed E-state index contributed by atoms with van der Waals surface area (Å²) >= 11 is 0. The Morgan fingerprint density at radius 2 is 2.08 bits per heavy atom. The molecule has 0 N–H and O–H groups in total. The maximum Gasteiger partial charge on any atom is 0.301 e. The molecule has 0 bridgehead atoms. The van der Waals surface area contributed by atoms with Crippen LogP contribution in [0.4, 0.5) is 8.78 Å². The van der Waals surface area contributed by atoms with E-state index in [0.29, 0.717) is 0 Å². The number of rotatable bonds is 3. The minimum Gasteiger partial charge on any atom is -0.364 e. The molecule has 0 aromatic carbocycles. The number of hydrogen-bond acceptors (Lipinski definition) is 3. The molecular formula is C6H12F2O3P2. The maximum absolute atomic E-state index is 13.3. The van der Waals surface area contributed by atoms with Crippen LogP contribution in [-0.4, -0.2) is 30.8 Å². The molecule has 1 rings (SSSR count). The van der Waals surface area contributed by atoms with Gasteiger partial charge in [-0.05, 0) is 6.92 Å². The van der Waals surface area contributed by atoms with Crippen molar-refractivity contribution in [3.8, 4) is 0 Å². The first-order valence-electron chi connectivity index (χ1n) is 3.74. The van der Waals surface area contributed by atoms with E-state index in [9.17, 15) is 8.78 Å². The fourth-order valence-electron chi connectivity index (χ4n) is 1.30. The topological polar surface area (TPSA) is 27.7 Å². The van der Waals surface area contributed by atoms with E-state index in [4.69, 9.17) is 4.74 Å². The van der Waals surface area contributed by atoms with Crippen molar-refractivity contribution in [3.63, 3.8) is 0 Å².